The molecule has 0 aromatic heterocycles. The van der Waals surface area contributed by atoms with E-state index in [0.29, 0.717) is 12.5 Å². The fourth-order valence-corrected chi connectivity index (χ4v) is 1.49. The SMILES string of the molecule is NCCCC(CN)C1=CC=CC=CN1. The highest BCUT2D eigenvalue weighted by Crippen LogP contribution is 2.14. The molecule has 1 rings (SSSR count). The lowest BCUT2D eigenvalue weighted by molar-refractivity contribution is 0.529. The van der Waals surface area contributed by atoms with Crippen LogP contribution in [-0.4, -0.2) is 13.1 Å². The molecule has 0 aromatic carbocycles. The van der Waals surface area contributed by atoms with Gasteiger partial charge in [0.15, 0.2) is 0 Å². The van der Waals surface area contributed by atoms with Gasteiger partial charge in [0, 0.05) is 24.4 Å². The fourth-order valence-electron chi connectivity index (χ4n) is 1.49. The second kappa shape index (κ2) is 6.40. The molecule has 3 heteroatoms. The summed E-state index contributed by atoms with van der Waals surface area (Å²) in [6.45, 7) is 1.40. The van der Waals surface area contributed by atoms with Gasteiger partial charge >= 0.3 is 0 Å². The number of nitrogens with one attached hydrogen (secondary N) is 1. The van der Waals surface area contributed by atoms with Crippen molar-refractivity contribution in [3.8, 4) is 0 Å². The van der Waals surface area contributed by atoms with Crippen LogP contribution in [0.3, 0.4) is 0 Å². The monoisotopic (exact) mass is 193 g/mol. The van der Waals surface area contributed by atoms with E-state index in [1.54, 1.807) is 0 Å². The molecule has 0 aromatic rings. The van der Waals surface area contributed by atoms with E-state index in [0.717, 1.165) is 19.4 Å². The highest BCUT2D eigenvalue weighted by molar-refractivity contribution is 5.22. The van der Waals surface area contributed by atoms with Crippen LogP contribution < -0.4 is 16.8 Å². The van der Waals surface area contributed by atoms with Gasteiger partial charge in [0.25, 0.3) is 0 Å². The van der Waals surface area contributed by atoms with E-state index < -0.39 is 0 Å². The first-order valence-corrected chi connectivity index (χ1v) is 5.08. The predicted molar refractivity (Wildman–Crippen MR) is 60.3 cm³/mol. The molecule has 0 aliphatic carbocycles. The summed E-state index contributed by atoms with van der Waals surface area (Å²) in [7, 11) is 0. The molecule has 5 N–H and O–H groups in total. The molecular formula is C11H19N3. The Kier molecular flexibility index (Phi) is 5.04. The van der Waals surface area contributed by atoms with E-state index in [9.17, 15) is 0 Å². The lowest BCUT2D eigenvalue weighted by atomic mass is 9.99. The smallest absolute Gasteiger partial charge is 0.0190 e. The molecule has 0 saturated heterocycles. The van der Waals surface area contributed by atoms with Gasteiger partial charge in [0.1, 0.15) is 0 Å². The molecule has 1 atom stereocenters. The zero-order valence-electron chi connectivity index (χ0n) is 8.45. The van der Waals surface area contributed by atoms with Gasteiger partial charge in [-0.1, -0.05) is 12.2 Å². The zero-order chi connectivity index (χ0) is 10.2. The van der Waals surface area contributed by atoms with E-state index in [1.807, 2.05) is 24.4 Å². The molecule has 14 heavy (non-hydrogen) atoms. The number of rotatable bonds is 5. The van der Waals surface area contributed by atoms with Crippen molar-refractivity contribution in [1.29, 1.82) is 0 Å². The minimum Gasteiger partial charge on any atom is -0.365 e. The summed E-state index contributed by atoms with van der Waals surface area (Å²) in [6.07, 6.45) is 12.1. The molecular weight excluding hydrogens is 174 g/mol. The van der Waals surface area contributed by atoms with Crippen LogP contribution in [0.5, 0.6) is 0 Å². The van der Waals surface area contributed by atoms with Gasteiger partial charge in [-0.2, -0.15) is 0 Å². The first-order valence-electron chi connectivity index (χ1n) is 5.08. The fraction of sp³-hybridized carbons (Fsp3) is 0.455. The summed E-state index contributed by atoms with van der Waals surface area (Å²) in [4.78, 5) is 0. The minimum atomic E-state index is 0.394. The zero-order valence-corrected chi connectivity index (χ0v) is 8.45. The standard InChI is InChI=1S/C11H19N3/c12-7-4-5-10(9-13)11-6-2-1-3-8-14-11/h1-3,6,8,10,14H,4-5,7,9,12-13H2. The van der Waals surface area contributed by atoms with Crippen LogP contribution in [0.25, 0.3) is 0 Å². The lowest BCUT2D eigenvalue weighted by Gasteiger charge is -2.17. The predicted octanol–water partition coefficient (Wildman–Crippen LogP) is 0.857. The van der Waals surface area contributed by atoms with Crippen LogP contribution in [0.4, 0.5) is 0 Å². The van der Waals surface area contributed by atoms with E-state index >= 15 is 0 Å². The Morgan fingerprint density at radius 1 is 1.21 bits per heavy atom. The second-order valence-electron chi connectivity index (χ2n) is 3.37. The average Bonchev–Trinajstić information content (AvgIpc) is 2.48. The van der Waals surface area contributed by atoms with Crippen molar-refractivity contribution in [2.75, 3.05) is 13.1 Å². The third-order valence-corrected chi connectivity index (χ3v) is 2.33. The first kappa shape index (κ1) is 11.0. The highest BCUT2D eigenvalue weighted by atomic mass is 14.9. The maximum absolute atomic E-state index is 5.73. The van der Waals surface area contributed by atoms with E-state index in [2.05, 4.69) is 11.4 Å². The minimum absolute atomic E-state index is 0.394. The summed E-state index contributed by atoms with van der Waals surface area (Å²) in [5, 5.41) is 3.24. The largest absolute Gasteiger partial charge is 0.365 e. The summed E-state index contributed by atoms with van der Waals surface area (Å²) < 4.78 is 0. The number of hydrogen-bond acceptors (Lipinski definition) is 3. The van der Waals surface area contributed by atoms with Crippen LogP contribution in [-0.2, 0) is 0 Å². The molecule has 78 valence electrons. The van der Waals surface area contributed by atoms with Crippen LogP contribution in [0.1, 0.15) is 12.8 Å². The van der Waals surface area contributed by atoms with Crippen LogP contribution >= 0.6 is 0 Å². The Morgan fingerprint density at radius 2 is 2.07 bits per heavy atom. The number of hydrogen-bond donors (Lipinski definition) is 3. The summed E-state index contributed by atoms with van der Waals surface area (Å²) in [5.41, 5.74) is 12.4. The molecule has 1 aliphatic heterocycles. The quantitative estimate of drug-likeness (QED) is 0.606. The maximum Gasteiger partial charge on any atom is 0.0190 e. The van der Waals surface area contributed by atoms with Crippen molar-refractivity contribution in [2.24, 2.45) is 17.4 Å². The molecule has 0 fully saturated rings. The summed E-state index contributed by atoms with van der Waals surface area (Å²) in [5.74, 6) is 0.394. The molecule has 0 bridgehead atoms. The molecule has 0 saturated carbocycles. The van der Waals surface area contributed by atoms with Crippen LogP contribution in [0.2, 0.25) is 0 Å². The third kappa shape index (κ3) is 3.36. The second-order valence-corrected chi connectivity index (χ2v) is 3.37. The molecule has 3 nitrogen and oxygen atoms in total. The van der Waals surface area contributed by atoms with Crippen molar-refractivity contribution < 1.29 is 0 Å². The van der Waals surface area contributed by atoms with E-state index in [-0.39, 0.29) is 0 Å². The van der Waals surface area contributed by atoms with Crippen LogP contribution in [0, 0.1) is 5.92 Å². The van der Waals surface area contributed by atoms with E-state index in [4.69, 9.17) is 11.5 Å². The number of allylic oxidation sites excluding steroid dienone is 4. The topological polar surface area (TPSA) is 64.1 Å². The maximum atomic E-state index is 5.73. The normalized spacial score (nSPS) is 17.1. The van der Waals surface area contributed by atoms with Gasteiger partial charge in [-0.25, -0.2) is 0 Å². The molecule has 1 heterocycles. The van der Waals surface area contributed by atoms with Crippen molar-refractivity contribution in [1.82, 2.24) is 5.32 Å². The Hall–Kier alpha value is -1.06. The van der Waals surface area contributed by atoms with E-state index in [1.165, 1.54) is 5.70 Å². The first-order chi connectivity index (χ1) is 6.88. The molecule has 1 aliphatic rings. The van der Waals surface area contributed by atoms with Crippen molar-refractivity contribution in [3.63, 3.8) is 0 Å². The van der Waals surface area contributed by atoms with Gasteiger partial charge in [-0.3, -0.25) is 0 Å². The highest BCUT2D eigenvalue weighted by Gasteiger charge is 2.10. The molecule has 0 radical (unpaired) electrons. The summed E-state index contributed by atoms with van der Waals surface area (Å²) in [6, 6.07) is 0. The van der Waals surface area contributed by atoms with Gasteiger partial charge in [0.2, 0.25) is 0 Å². The van der Waals surface area contributed by atoms with Crippen molar-refractivity contribution >= 4 is 0 Å². The van der Waals surface area contributed by atoms with Crippen molar-refractivity contribution in [3.05, 3.63) is 36.2 Å². The Labute approximate surface area is 85.5 Å². The van der Waals surface area contributed by atoms with Crippen molar-refractivity contribution in [2.45, 2.75) is 12.8 Å². The Bertz CT molecular complexity index is 241. The van der Waals surface area contributed by atoms with Gasteiger partial charge < -0.3 is 16.8 Å². The van der Waals surface area contributed by atoms with Gasteiger partial charge in [0.05, 0.1) is 0 Å². The van der Waals surface area contributed by atoms with Crippen LogP contribution in [0.15, 0.2) is 36.2 Å². The number of nitrogens with two attached hydrogens (primary N) is 2. The Balaban J connectivity index is 2.54. The molecule has 0 spiro atoms. The Morgan fingerprint density at radius 3 is 2.79 bits per heavy atom. The lowest BCUT2D eigenvalue weighted by Crippen LogP contribution is -2.23. The van der Waals surface area contributed by atoms with Gasteiger partial charge in [-0.05, 0) is 31.5 Å². The third-order valence-electron chi connectivity index (χ3n) is 2.33. The molecule has 0 amide bonds. The summed E-state index contributed by atoms with van der Waals surface area (Å²) >= 11 is 0. The molecule has 1 unspecified atom stereocenters. The average molecular weight is 193 g/mol. The van der Waals surface area contributed by atoms with Gasteiger partial charge in [-0.15, -0.1) is 0 Å².